The van der Waals surface area contributed by atoms with Crippen LogP contribution in [0.5, 0.6) is 0 Å². The van der Waals surface area contributed by atoms with E-state index in [0.717, 1.165) is 24.7 Å². The topological polar surface area (TPSA) is 71.4 Å². The summed E-state index contributed by atoms with van der Waals surface area (Å²) < 4.78 is 23.3. The first-order valence-corrected chi connectivity index (χ1v) is 9.35. The third kappa shape index (κ3) is 3.77. The van der Waals surface area contributed by atoms with E-state index in [1.165, 1.54) is 25.3 Å². The van der Waals surface area contributed by atoms with Gasteiger partial charge < -0.3 is 5.11 Å². The van der Waals surface area contributed by atoms with Crippen molar-refractivity contribution in [2.24, 2.45) is 0 Å². The fraction of sp³-hybridized carbons (Fsp3) is 0.533. The number of rotatable bonds is 4. The highest BCUT2D eigenvalue weighted by Crippen LogP contribution is 2.37. The monoisotopic (exact) mass is 330 g/mol. The number of aliphatic carboxylic acids is 1. The SMILES string of the molecule is CS(=O)(=O)C(C(=O)O)c1ccc(C2CCCCC2)c(Cl)c1. The van der Waals surface area contributed by atoms with E-state index in [4.69, 9.17) is 16.7 Å². The van der Waals surface area contributed by atoms with Crippen LogP contribution < -0.4 is 0 Å². The van der Waals surface area contributed by atoms with Gasteiger partial charge in [0, 0.05) is 11.3 Å². The molecule has 2 rings (SSSR count). The van der Waals surface area contributed by atoms with Gasteiger partial charge in [0.05, 0.1) is 0 Å². The molecule has 4 nitrogen and oxygen atoms in total. The molecule has 1 aromatic carbocycles. The van der Waals surface area contributed by atoms with Gasteiger partial charge in [-0.1, -0.05) is 43.0 Å². The molecule has 0 heterocycles. The van der Waals surface area contributed by atoms with Crippen LogP contribution in [0.15, 0.2) is 18.2 Å². The quantitative estimate of drug-likeness (QED) is 0.916. The van der Waals surface area contributed by atoms with Gasteiger partial charge in [0.15, 0.2) is 15.1 Å². The lowest BCUT2D eigenvalue weighted by Gasteiger charge is -2.23. The standard InChI is InChI=1S/C15H19ClO4S/c1-21(19,20)14(15(17)18)11-7-8-12(13(16)9-11)10-5-3-2-4-6-10/h7-10,14H,2-6H2,1H3,(H,17,18). The van der Waals surface area contributed by atoms with Crippen molar-refractivity contribution >= 4 is 27.4 Å². The number of carboxylic acid groups (broad SMARTS) is 1. The third-order valence-corrected chi connectivity index (χ3v) is 5.68. The van der Waals surface area contributed by atoms with Crippen LogP contribution in [-0.2, 0) is 14.6 Å². The second-order valence-electron chi connectivity index (χ2n) is 5.66. The number of hydrogen-bond acceptors (Lipinski definition) is 3. The minimum Gasteiger partial charge on any atom is -0.480 e. The molecule has 1 unspecified atom stereocenters. The molecule has 1 saturated carbocycles. The van der Waals surface area contributed by atoms with Gasteiger partial charge in [-0.05, 0) is 36.0 Å². The number of halogens is 1. The van der Waals surface area contributed by atoms with Gasteiger partial charge in [0.2, 0.25) is 0 Å². The van der Waals surface area contributed by atoms with Crippen molar-refractivity contribution in [3.05, 3.63) is 34.3 Å². The van der Waals surface area contributed by atoms with E-state index in [0.29, 0.717) is 10.9 Å². The van der Waals surface area contributed by atoms with E-state index in [1.54, 1.807) is 12.1 Å². The highest BCUT2D eigenvalue weighted by Gasteiger charge is 2.31. The molecule has 0 spiro atoms. The average Bonchev–Trinajstić information content (AvgIpc) is 2.37. The van der Waals surface area contributed by atoms with Gasteiger partial charge in [-0.2, -0.15) is 0 Å². The largest absolute Gasteiger partial charge is 0.480 e. The molecule has 21 heavy (non-hydrogen) atoms. The molecular formula is C15H19ClO4S. The Kier molecular flexibility index (Phi) is 4.94. The molecule has 116 valence electrons. The summed E-state index contributed by atoms with van der Waals surface area (Å²) in [6.07, 6.45) is 6.66. The minimum atomic E-state index is -3.73. The fourth-order valence-electron chi connectivity index (χ4n) is 3.02. The maximum absolute atomic E-state index is 11.6. The zero-order valence-corrected chi connectivity index (χ0v) is 13.5. The second-order valence-corrected chi connectivity index (χ2v) is 8.20. The van der Waals surface area contributed by atoms with E-state index in [9.17, 15) is 13.2 Å². The molecule has 1 fully saturated rings. The first kappa shape index (κ1) is 16.3. The Balaban J connectivity index is 2.35. The number of benzene rings is 1. The third-order valence-electron chi connectivity index (χ3n) is 4.02. The molecule has 0 aromatic heterocycles. The lowest BCUT2D eigenvalue weighted by atomic mass is 9.84. The van der Waals surface area contributed by atoms with Crippen LogP contribution in [0.2, 0.25) is 5.02 Å². The Morgan fingerprint density at radius 1 is 1.29 bits per heavy atom. The molecule has 1 N–H and O–H groups in total. The van der Waals surface area contributed by atoms with Crippen molar-refractivity contribution in [1.82, 2.24) is 0 Å². The van der Waals surface area contributed by atoms with Crippen molar-refractivity contribution in [3.63, 3.8) is 0 Å². The average molecular weight is 331 g/mol. The Labute approximate surface area is 130 Å². The van der Waals surface area contributed by atoms with Gasteiger partial charge in [-0.3, -0.25) is 4.79 Å². The molecule has 0 saturated heterocycles. The molecule has 1 aliphatic rings. The van der Waals surface area contributed by atoms with Crippen LogP contribution in [0, 0.1) is 0 Å². The van der Waals surface area contributed by atoms with E-state index < -0.39 is 21.1 Å². The molecule has 0 aliphatic heterocycles. The van der Waals surface area contributed by atoms with Crippen molar-refractivity contribution < 1.29 is 18.3 Å². The zero-order valence-electron chi connectivity index (χ0n) is 11.9. The Bertz CT molecular complexity index is 633. The summed E-state index contributed by atoms with van der Waals surface area (Å²) in [7, 11) is -3.73. The second kappa shape index (κ2) is 6.36. The predicted octanol–water partition coefficient (Wildman–Crippen LogP) is 3.56. The Morgan fingerprint density at radius 2 is 1.90 bits per heavy atom. The fourth-order valence-corrected chi connectivity index (χ4v) is 4.37. The van der Waals surface area contributed by atoms with Crippen LogP contribution in [-0.4, -0.2) is 25.7 Å². The summed E-state index contributed by atoms with van der Waals surface area (Å²) >= 11 is 6.27. The van der Waals surface area contributed by atoms with Crippen molar-refractivity contribution in [1.29, 1.82) is 0 Å². The van der Waals surface area contributed by atoms with Crippen LogP contribution in [0.1, 0.15) is 54.4 Å². The number of carbonyl (C=O) groups is 1. The minimum absolute atomic E-state index is 0.217. The smallest absolute Gasteiger partial charge is 0.326 e. The van der Waals surface area contributed by atoms with Crippen LogP contribution in [0.25, 0.3) is 0 Å². The molecule has 0 bridgehead atoms. The molecule has 1 aliphatic carbocycles. The number of sulfone groups is 1. The number of carboxylic acids is 1. The van der Waals surface area contributed by atoms with E-state index in [2.05, 4.69) is 0 Å². The zero-order chi connectivity index (χ0) is 15.6. The molecule has 6 heteroatoms. The summed E-state index contributed by atoms with van der Waals surface area (Å²) in [6, 6.07) is 4.86. The Hall–Kier alpha value is -1.07. The normalized spacial score (nSPS) is 18.4. The highest BCUT2D eigenvalue weighted by atomic mass is 35.5. The first-order valence-electron chi connectivity index (χ1n) is 7.01. The summed E-state index contributed by atoms with van der Waals surface area (Å²) in [5, 5.41) is 8.06. The van der Waals surface area contributed by atoms with Crippen molar-refractivity contribution in [3.8, 4) is 0 Å². The lowest BCUT2D eigenvalue weighted by Crippen LogP contribution is -2.21. The Morgan fingerprint density at radius 3 is 2.38 bits per heavy atom. The number of hydrogen-bond donors (Lipinski definition) is 1. The van der Waals surface area contributed by atoms with Crippen LogP contribution in [0.4, 0.5) is 0 Å². The maximum Gasteiger partial charge on any atom is 0.326 e. The predicted molar refractivity (Wildman–Crippen MR) is 82.5 cm³/mol. The van der Waals surface area contributed by atoms with Gasteiger partial charge in [0.25, 0.3) is 0 Å². The van der Waals surface area contributed by atoms with E-state index in [-0.39, 0.29) is 5.56 Å². The summed E-state index contributed by atoms with van der Waals surface area (Å²) in [5.74, 6) is -0.985. The summed E-state index contributed by atoms with van der Waals surface area (Å²) in [4.78, 5) is 11.2. The summed E-state index contributed by atoms with van der Waals surface area (Å²) in [6.45, 7) is 0. The molecule has 0 radical (unpaired) electrons. The van der Waals surface area contributed by atoms with Gasteiger partial charge in [-0.25, -0.2) is 8.42 Å². The molecule has 0 amide bonds. The van der Waals surface area contributed by atoms with Crippen molar-refractivity contribution in [2.45, 2.75) is 43.3 Å². The highest BCUT2D eigenvalue weighted by molar-refractivity contribution is 7.91. The van der Waals surface area contributed by atoms with Gasteiger partial charge in [-0.15, -0.1) is 0 Å². The molecular weight excluding hydrogens is 312 g/mol. The van der Waals surface area contributed by atoms with E-state index >= 15 is 0 Å². The molecule has 1 aromatic rings. The van der Waals surface area contributed by atoms with Gasteiger partial charge >= 0.3 is 5.97 Å². The lowest BCUT2D eigenvalue weighted by molar-refractivity contribution is -0.136. The van der Waals surface area contributed by atoms with Gasteiger partial charge in [0.1, 0.15) is 0 Å². The van der Waals surface area contributed by atoms with Crippen molar-refractivity contribution in [2.75, 3.05) is 6.26 Å². The van der Waals surface area contributed by atoms with Crippen LogP contribution >= 0.6 is 11.6 Å². The van der Waals surface area contributed by atoms with E-state index in [1.807, 2.05) is 0 Å². The molecule has 1 atom stereocenters. The van der Waals surface area contributed by atoms with Crippen LogP contribution in [0.3, 0.4) is 0 Å². The summed E-state index contributed by atoms with van der Waals surface area (Å²) in [5.41, 5.74) is 1.22. The first-order chi connectivity index (χ1) is 9.80. The maximum atomic E-state index is 11.6.